The Labute approximate surface area is 94.1 Å². The number of hydrogen-bond donors (Lipinski definition) is 1. The summed E-state index contributed by atoms with van der Waals surface area (Å²) in [5, 5.41) is 15.4. The zero-order chi connectivity index (χ0) is 10.9. The SMILES string of the molecule is CC(C)(C#N)c1nc(CNC2CC2)cs1. The van der Waals surface area contributed by atoms with Crippen molar-refractivity contribution < 1.29 is 0 Å². The molecule has 0 spiro atoms. The van der Waals surface area contributed by atoms with Gasteiger partial charge in [-0.15, -0.1) is 11.3 Å². The fourth-order valence-electron chi connectivity index (χ4n) is 1.26. The lowest BCUT2D eigenvalue weighted by Crippen LogP contribution is -2.17. The van der Waals surface area contributed by atoms with Crippen molar-refractivity contribution in [1.29, 1.82) is 5.26 Å². The van der Waals surface area contributed by atoms with Crippen molar-refractivity contribution in [3.63, 3.8) is 0 Å². The highest BCUT2D eigenvalue weighted by molar-refractivity contribution is 7.09. The summed E-state index contributed by atoms with van der Waals surface area (Å²) in [4.78, 5) is 4.49. The summed E-state index contributed by atoms with van der Waals surface area (Å²) in [5.41, 5.74) is 0.605. The van der Waals surface area contributed by atoms with Crippen LogP contribution in [-0.2, 0) is 12.0 Å². The highest BCUT2D eigenvalue weighted by atomic mass is 32.1. The van der Waals surface area contributed by atoms with Gasteiger partial charge in [-0.3, -0.25) is 0 Å². The third-order valence-corrected chi connectivity index (χ3v) is 3.73. The van der Waals surface area contributed by atoms with Gasteiger partial charge in [0.15, 0.2) is 0 Å². The van der Waals surface area contributed by atoms with Crippen molar-refractivity contribution in [1.82, 2.24) is 10.3 Å². The molecule has 15 heavy (non-hydrogen) atoms. The smallest absolute Gasteiger partial charge is 0.113 e. The Morgan fingerprint density at radius 3 is 3.00 bits per heavy atom. The minimum atomic E-state index is -0.456. The van der Waals surface area contributed by atoms with E-state index >= 15 is 0 Å². The van der Waals surface area contributed by atoms with E-state index in [2.05, 4.69) is 16.4 Å². The van der Waals surface area contributed by atoms with Crippen LogP contribution in [0, 0.1) is 11.3 Å². The van der Waals surface area contributed by atoms with E-state index in [4.69, 9.17) is 5.26 Å². The van der Waals surface area contributed by atoms with E-state index in [0.717, 1.165) is 17.2 Å². The lowest BCUT2D eigenvalue weighted by atomic mass is 9.97. The molecule has 1 saturated carbocycles. The highest BCUT2D eigenvalue weighted by Crippen LogP contribution is 2.26. The lowest BCUT2D eigenvalue weighted by Gasteiger charge is -2.09. The topological polar surface area (TPSA) is 48.7 Å². The zero-order valence-corrected chi connectivity index (χ0v) is 9.90. The zero-order valence-electron chi connectivity index (χ0n) is 9.08. The number of nitriles is 1. The minimum Gasteiger partial charge on any atom is -0.308 e. The van der Waals surface area contributed by atoms with Crippen LogP contribution in [0.5, 0.6) is 0 Å². The largest absolute Gasteiger partial charge is 0.308 e. The van der Waals surface area contributed by atoms with Crippen molar-refractivity contribution in [2.24, 2.45) is 0 Å². The summed E-state index contributed by atoms with van der Waals surface area (Å²) >= 11 is 1.58. The maximum absolute atomic E-state index is 8.99. The molecule has 1 heterocycles. The first-order chi connectivity index (χ1) is 7.12. The van der Waals surface area contributed by atoms with E-state index < -0.39 is 5.41 Å². The maximum atomic E-state index is 8.99. The quantitative estimate of drug-likeness (QED) is 0.848. The van der Waals surface area contributed by atoms with E-state index in [1.54, 1.807) is 11.3 Å². The molecule has 1 aliphatic rings. The summed E-state index contributed by atoms with van der Waals surface area (Å²) in [5.74, 6) is 0. The minimum absolute atomic E-state index is 0.456. The Morgan fingerprint density at radius 2 is 2.40 bits per heavy atom. The van der Waals surface area contributed by atoms with Crippen LogP contribution >= 0.6 is 11.3 Å². The molecule has 0 amide bonds. The molecule has 0 aromatic carbocycles. The molecule has 3 nitrogen and oxygen atoms in total. The normalized spacial score (nSPS) is 16.3. The van der Waals surface area contributed by atoms with Gasteiger partial charge in [0.25, 0.3) is 0 Å². The number of hydrogen-bond acceptors (Lipinski definition) is 4. The molecule has 4 heteroatoms. The van der Waals surface area contributed by atoms with Crippen LogP contribution in [-0.4, -0.2) is 11.0 Å². The van der Waals surface area contributed by atoms with Crippen LogP contribution < -0.4 is 5.32 Å². The molecule has 1 aromatic rings. The Balaban J connectivity index is 2.00. The monoisotopic (exact) mass is 221 g/mol. The molecule has 1 aromatic heterocycles. The molecule has 0 saturated heterocycles. The fraction of sp³-hybridized carbons (Fsp3) is 0.636. The van der Waals surface area contributed by atoms with Gasteiger partial charge in [0.05, 0.1) is 11.8 Å². The van der Waals surface area contributed by atoms with Gasteiger partial charge in [-0.05, 0) is 26.7 Å². The van der Waals surface area contributed by atoms with E-state index in [9.17, 15) is 0 Å². The van der Waals surface area contributed by atoms with Gasteiger partial charge in [-0.25, -0.2) is 4.98 Å². The summed E-state index contributed by atoms with van der Waals surface area (Å²) in [6.07, 6.45) is 2.58. The molecule has 2 rings (SSSR count). The van der Waals surface area contributed by atoms with E-state index in [1.165, 1.54) is 12.8 Å². The Morgan fingerprint density at radius 1 is 1.67 bits per heavy atom. The molecular weight excluding hydrogens is 206 g/mol. The second-order valence-electron chi connectivity index (χ2n) is 4.54. The van der Waals surface area contributed by atoms with Crippen molar-refractivity contribution in [2.45, 2.75) is 44.7 Å². The van der Waals surface area contributed by atoms with Gasteiger partial charge in [0.1, 0.15) is 10.4 Å². The van der Waals surface area contributed by atoms with E-state index in [-0.39, 0.29) is 0 Å². The standard InChI is InChI=1S/C11H15N3S/c1-11(2,7-12)10-14-9(6-15-10)5-13-8-3-4-8/h6,8,13H,3-5H2,1-2H3. The fourth-order valence-corrected chi connectivity index (χ4v) is 2.15. The number of nitrogens with zero attached hydrogens (tertiary/aromatic N) is 2. The number of thiazole rings is 1. The summed E-state index contributed by atoms with van der Waals surface area (Å²) in [7, 11) is 0. The van der Waals surface area contributed by atoms with Crippen molar-refractivity contribution in [3.05, 3.63) is 16.1 Å². The molecular formula is C11H15N3S. The molecule has 0 atom stereocenters. The van der Waals surface area contributed by atoms with Crippen LogP contribution in [0.1, 0.15) is 37.4 Å². The van der Waals surface area contributed by atoms with Gasteiger partial charge < -0.3 is 5.32 Å². The molecule has 0 aliphatic heterocycles. The van der Waals surface area contributed by atoms with Gasteiger partial charge in [-0.1, -0.05) is 0 Å². The first-order valence-corrected chi connectivity index (χ1v) is 6.09. The van der Waals surface area contributed by atoms with Crippen LogP contribution in [0.2, 0.25) is 0 Å². The summed E-state index contributed by atoms with van der Waals surface area (Å²) < 4.78 is 0. The first kappa shape index (κ1) is 10.6. The Kier molecular flexibility index (Phi) is 2.76. The molecule has 1 fully saturated rings. The van der Waals surface area contributed by atoms with Gasteiger partial charge in [0, 0.05) is 18.0 Å². The predicted octanol–water partition coefficient (Wildman–Crippen LogP) is 2.20. The van der Waals surface area contributed by atoms with Crippen LogP contribution in [0.15, 0.2) is 5.38 Å². The van der Waals surface area contributed by atoms with E-state index in [1.807, 2.05) is 19.2 Å². The average Bonchev–Trinajstić information content (AvgIpc) is 2.92. The third kappa shape index (κ3) is 2.55. The van der Waals surface area contributed by atoms with Crippen LogP contribution in [0.25, 0.3) is 0 Å². The maximum Gasteiger partial charge on any atom is 0.113 e. The molecule has 80 valence electrons. The Bertz CT molecular complexity index is 385. The number of aromatic nitrogens is 1. The molecule has 0 bridgehead atoms. The van der Waals surface area contributed by atoms with Gasteiger partial charge in [0.2, 0.25) is 0 Å². The first-order valence-electron chi connectivity index (χ1n) is 5.21. The second-order valence-corrected chi connectivity index (χ2v) is 5.39. The number of nitrogens with one attached hydrogen (secondary N) is 1. The van der Waals surface area contributed by atoms with E-state index in [0.29, 0.717) is 6.04 Å². The predicted molar refractivity (Wildman–Crippen MR) is 60.6 cm³/mol. The molecule has 0 radical (unpaired) electrons. The number of rotatable bonds is 4. The van der Waals surface area contributed by atoms with Crippen molar-refractivity contribution in [2.75, 3.05) is 0 Å². The third-order valence-electron chi connectivity index (χ3n) is 2.52. The second kappa shape index (κ2) is 3.92. The summed E-state index contributed by atoms with van der Waals surface area (Å²) in [6, 6.07) is 2.98. The average molecular weight is 221 g/mol. The van der Waals surface area contributed by atoms with Crippen LogP contribution in [0.3, 0.4) is 0 Å². The van der Waals surface area contributed by atoms with Gasteiger partial charge in [-0.2, -0.15) is 5.26 Å². The van der Waals surface area contributed by atoms with Crippen LogP contribution in [0.4, 0.5) is 0 Å². The highest BCUT2D eigenvalue weighted by Gasteiger charge is 2.24. The molecule has 1 aliphatic carbocycles. The van der Waals surface area contributed by atoms with Crippen molar-refractivity contribution >= 4 is 11.3 Å². The van der Waals surface area contributed by atoms with Crippen molar-refractivity contribution in [3.8, 4) is 6.07 Å². The van der Waals surface area contributed by atoms with Gasteiger partial charge >= 0.3 is 0 Å². The molecule has 1 N–H and O–H groups in total. The summed E-state index contributed by atoms with van der Waals surface area (Å²) in [6.45, 7) is 4.65. The lowest BCUT2D eigenvalue weighted by molar-refractivity contribution is 0.651. The molecule has 0 unspecified atom stereocenters. The Hall–Kier alpha value is -0.920.